The third kappa shape index (κ3) is 5.12. The molecule has 0 heterocycles. The largest absolute Gasteiger partial charge is 0.148 e. The van der Waals surface area contributed by atoms with Crippen molar-refractivity contribution in [3.8, 4) is 0 Å². The van der Waals surface area contributed by atoms with Crippen LogP contribution in [0.1, 0.15) is 26.7 Å². The minimum atomic E-state index is 0.996. The molecule has 2 heteroatoms. The van der Waals surface area contributed by atoms with E-state index in [1.54, 1.807) is 0 Å². The van der Waals surface area contributed by atoms with Crippen LogP contribution in [0.2, 0.25) is 0 Å². The number of hydrogen-bond acceptors (Lipinski definition) is 1. The molecular formula is C8H13BrS. The van der Waals surface area contributed by atoms with Gasteiger partial charge in [-0.3, -0.25) is 0 Å². The van der Waals surface area contributed by atoms with Gasteiger partial charge in [0.1, 0.15) is 0 Å². The second-order valence-corrected chi connectivity index (χ2v) is 3.48. The fourth-order valence-electron chi connectivity index (χ4n) is 0.515. The van der Waals surface area contributed by atoms with Crippen molar-refractivity contribution in [2.24, 2.45) is 0 Å². The van der Waals surface area contributed by atoms with Gasteiger partial charge >= 0.3 is 0 Å². The second-order valence-electron chi connectivity index (χ2n) is 1.99. The van der Waals surface area contributed by atoms with Crippen molar-refractivity contribution in [1.82, 2.24) is 0 Å². The SMILES string of the molecule is CC/C=C(Br)\C=C(\S)CC. The van der Waals surface area contributed by atoms with E-state index in [1.807, 2.05) is 6.08 Å². The van der Waals surface area contributed by atoms with Crippen LogP contribution < -0.4 is 0 Å². The summed E-state index contributed by atoms with van der Waals surface area (Å²) in [5.74, 6) is 0. The van der Waals surface area contributed by atoms with Gasteiger partial charge in [-0.1, -0.05) is 35.9 Å². The smallest absolute Gasteiger partial charge is 0.0143 e. The highest BCUT2D eigenvalue weighted by atomic mass is 79.9. The Morgan fingerprint density at radius 1 is 1.50 bits per heavy atom. The van der Waals surface area contributed by atoms with E-state index in [0.717, 1.165) is 22.2 Å². The summed E-state index contributed by atoms with van der Waals surface area (Å²) in [6, 6.07) is 0. The Morgan fingerprint density at radius 2 is 2.10 bits per heavy atom. The van der Waals surface area contributed by atoms with Crippen LogP contribution in [0.5, 0.6) is 0 Å². The highest BCUT2D eigenvalue weighted by Gasteiger charge is 1.86. The Kier molecular flexibility index (Phi) is 6.24. The van der Waals surface area contributed by atoms with Crippen LogP contribution in [-0.4, -0.2) is 0 Å². The molecule has 0 aliphatic carbocycles. The van der Waals surface area contributed by atoms with Gasteiger partial charge in [0.05, 0.1) is 0 Å². The molecule has 0 aromatic rings. The molecule has 0 aromatic heterocycles. The van der Waals surface area contributed by atoms with Crippen molar-refractivity contribution in [2.75, 3.05) is 0 Å². The molecule has 0 nitrogen and oxygen atoms in total. The molecule has 58 valence electrons. The van der Waals surface area contributed by atoms with Gasteiger partial charge in [-0.15, -0.1) is 12.6 Å². The maximum absolute atomic E-state index is 4.25. The third-order valence-electron chi connectivity index (χ3n) is 1.07. The van der Waals surface area contributed by atoms with Gasteiger partial charge in [0, 0.05) is 4.48 Å². The first-order valence-corrected chi connectivity index (χ1v) is 4.69. The molecule has 0 aliphatic rings. The first-order chi connectivity index (χ1) is 4.70. The van der Waals surface area contributed by atoms with Crippen LogP contribution in [0.3, 0.4) is 0 Å². The molecule has 0 amide bonds. The summed E-state index contributed by atoms with van der Waals surface area (Å²) in [6.45, 7) is 4.20. The van der Waals surface area contributed by atoms with Crippen LogP contribution >= 0.6 is 28.6 Å². The van der Waals surface area contributed by atoms with E-state index in [2.05, 4.69) is 48.5 Å². The Bertz CT molecular complexity index is 147. The number of hydrogen-bond donors (Lipinski definition) is 1. The van der Waals surface area contributed by atoms with Gasteiger partial charge in [-0.05, 0) is 23.8 Å². The fraction of sp³-hybridized carbons (Fsp3) is 0.500. The maximum Gasteiger partial charge on any atom is 0.0143 e. The zero-order chi connectivity index (χ0) is 7.98. The van der Waals surface area contributed by atoms with E-state index < -0.39 is 0 Å². The maximum atomic E-state index is 4.25. The van der Waals surface area contributed by atoms with Gasteiger partial charge in [0.15, 0.2) is 0 Å². The topological polar surface area (TPSA) is 0 Å². The zero-order valence-electron chi connectivity index (χ0n) is 6.39. The summed E-state index contributed by atoms with van der Waals surface area (Å²) in [6.07, 6.45) is 6.20. The molecule has 0 radical (unpaired) electrons. The number of halogens is 1. The van der Waals surface area contributed by atoms with E-state index in [-0.39, 0.29) is 0 Å². The monoisotopic (exact) mass is 220 g/mol. The number of rotatable bonds is 3. The molecule has 0 saturated heterocycles. The first-order valence-electron chi connectivity index (χ1n) is 3.45. The molecule has 0 unspecified atom stereocenters. The Hall–Kier alpha value is 0.310. The highest BCUT2D eigenvalue weighted by Crippen LogP contribution is 2.14. The lowest BCUT2D eigenvalue weighted by Gasteiger charge is -1.92. The van der Waals surface area contributed by atoms with Crippen molar-refractivity contribution in [1.29, 1.82) is 0 Å². The normalized spacial score (nSPS) is 14.0. The molecule has 10 heavy (non-hydrogen) atoms. The lowest BCUT2D eigenvalue weighted by atomic mass is 10.3. The Balaban J connectivity index is 3.98. The van der Waals surface area contributed by atoms with Gasteiger partial charge in [-0.25, -0.2) is 0 Å². The van der Waals surface area contributed by atoms with Crippen molar-refractivity contribution in [2.45, 2.75) is 26.7 Å². The van der Waals surface area contributed by atoms with Gasteiger partial charge < -0.3 is 0 Å². The molecule has 0 bridgehead atoms. The van der Waals surface area contributed by atoms with Crippen molar-refractivity contribution in [3.63, 3.8) is 0 Å². The van der Waals surface area contributed by atoms with E-state index in [9.17, 15) is 0 Å². The summed E-state index contributed by atoms with van der Waals surface area (Å²) in [4.78, 5) is 1.11. The molecule has 0 saturated carbocycles. The summed E-state index contributed by atoms with van der Waals surface area (Å²) in [7, 11) is 0. The Labute approximate surface area is 76.9 Å². The van der Waals surface area contributed by atoms with E-state index in [1.165, 1.54) is 0 Å². The average molecular weight is 221 g/mol. The minimum absolute atomic E-state index is 0.996. The van der Waals surface area contributed by atoms with Crippen LogP contribution in [0.4, 0.5) is 0 Å². The van der Waals surface area contributed by atoms with Crippen LogP contribution in [0, 0.1) is 0 Å². The zero-order valence-corrected chi connectivity index (χ0v) is 8.87. The van der Waals surface area contributed by atoms with E-state index >= 15 is 0 Å². The van der Waals surface area contributed by atoms with E-state index in [0.29, 0.717) is 0 Å². The van der Waals surface area contributed by atoms with Crippen LogP contribution in [0.25, 0.3) is 0 Å². The molecule has 0 N–H and O–H groups in total. The second kappa shape index (κ2) is 6.05. The van der Waals surface area contributed by atoms with Gasteiger partial charge in [0.2, 0.25) is 0 Å². The van der Waals surface area contributed by atoms with Gasteiger partial charge in [-0.2, -0.15) is 0 Å². The molecular weight excluding hydrogens is 208 g/mol. The standard InChI is InChI=1S/C8H13BrS/c1-3-5-7(9)6-8(10)4-2/h5-6,10H,3-4H2,1-2H3/b7-5+,8-6+. The molecule has 0 rings (SSSR count). The van der Waals surface area contributed by atoms with Crippen molar-refractivity contribution < 1.29 is 0 Å². The van der Waals surface area contributed by atoms with E-state index in [4.69, 9.17) is 0 Å². The summed E-state index contributed by atoms with van der Waals surface area (Å²) in [5, 5.41) is 0. The minimum Gasteiger partial charge on any atom is -0.148 e. The molecule has 0 spiro atoms. The lowest BCUT2D eigenvalue weighted by Crippen LogP contribution is -1.68. The van der Waals surface area contributed by atoms with Crippen LogP contribution in [0.15, 0.2) is 21.5 Å². The summed E-state index contributed by atoms with van der Waals surface area (Å²) in [5.41, 5.74) is 0. The summed E-state index contributed by atoms with van der Waals surface area (Å²) < 4.78 is 1.13. The number of allylic oxidation sites excluding steroid dienone is 4. The molecule has 0 aromatic carbocycles. The highest BCUT2D eigenvalue weighted by molar-refractivity contribution is 9.11. The Morgan fingerprint density at radius 3 is 2.50 bits per heavy atom. The van der Waals surface area contributed by atoms with Crippen molar-refractivity contribution in [3.05, 3.63) is 21.5 Å². The average Bonchev–Trinajstić information content (AvgIpc) is 1.88. The molecule has 0 atom stereocenters. The van der Waals surface area contributed by atoms with Crippen LogP contribution in [-0.2, 0) is 0 Å². The lowest BCUT2D eigenvalue weighted by molar-refractivity contribution is 1.19. The van der Waals surface area contributed by atoms with Gasteiger partial charge in [0.25, 0.3) is 0 Å². The quantitative estimate of drug-likeness (QED) is 0.542. The third-order valence-corrected chi connectivity index (χ3v) is 2.06. The predicted molar refractivity (Wildman–Crippen MR) is 54.7 cm³/mol. The summed E-state index contributed by atoms with van der Waals surface area (Å²) >= 11 is 7.67. The molecule has 0 fully saturated rings. The molecule has 0 aliphatic heterocycles. The first kappa shape index (κ1) is 10.3. The van der Waals surface area contributed by atoms with Crippen molar-refractivity contribution >= 4 is 28.6 Å². The predicted octanol–water partition coefficient (Wildman–Crippen LogP) is 3.90. The fourth-order valence-corrected chi connectivity index (χ4v) is 1.43. The number of thiol groups is 1.